The first-order valence-electron chi connectivity index (χ1n) is 8.74. The van der Waals surface area contributed by atoms with Crippen molar-refractivity contribution in [2.24, 2.45) is 0 Å². The number of halogens is 2. The topological polar surface area (TPSA) is 61.4 Å². The molecule has 9 heteroatoms. The van der Waals surface area contributed by atoms with Crippen molar-refractivity contribution in [3.8, 4) is 10.6 Å². The normalized spacial score (nSPS) is 14.2. The second-order valence-electron chi connectivity index (χ2n) is 6.28. The van der Waals surface area contributed by atoms with Gasteiger partial charge in [0.2, 0.25) is 0 Å². The largest absolute Gasteiger partial charge is 0.352 e. The highest BCUT2D eigenvalue weighted by Gasteiger charge is 2.23. The average molecular weight is 401 g/mol. The van der Waals surface area contributed by atoms with Gasteiger partial charge in [0, 0.05) is 32.2 Å². The van der Waals surface area contributed by atoms with Crippen molar-refractivity contribution in [3.05, 3.63) is 59.5 Å². The summed E-state index contributed by atoms with van der Waals surface area (Å²) in [4.78, 5) is 17.0. The van der Waals surface area contributed by atoms with Gasteiger partial charge in [0.1, 0.15) is 17.3 Å². The molecule has 1 saturated heterocycles. The highest BCUT2D eigenvalue weighted by atomic mass is 32.1. The van der Waals surface area contributed by atoms with Gasteiger partial charge in [-0.1, -0.05) is 6.07 Å². The van der Waals surface area contributed by atoms with E-state index in [9.17, 15) is 13.6 Å². The Morgan fingerprint density at radius 2 is 1.86 bits per heavy atom. The van der Waals surface area contributed by atoms with Crippen LogP contribution in [0.2, 0.25) is 0 Å². The molecule has 1 aliphatic rings. The Morgan fingerprint density at radius 1 is 1.04 bits per heavy atom. The van der Waals surface area contributed by atoms with Gasteiger partial charge in [0.05, 0.1) is 10.6 Å². The summed E-state index contributed by atoms with van der Waals surface area (Å²) in [5.74, 6) is -0.530. The summed E-state index contributed by atoms with van der Waals surface area (Å²) in [6.45, 7) is 2.03. The van der Waals surface area contributed by atoms with Crippen molar-refractivity contribution in [2.45, 2.75) is 0 Å². The maximum absolute atomic E-state index is 13.7. The molecular weight excluding hydrogens is 384 g/mol. The third-order valence-electron chi connectivity index (χ3n) is 4.48. The van der Waals surface area contributed by atoms with E-state index in [1.807, 2.05) is 34.5 Å². The van der Waals surface area contributed by atoms with Gasteiger partial charge in [-0.15, -0.1) is 21.5 Å². The van der Waals surface area contributed by atoms with Crippen LogP contribution in [-0.2, 0) is 0 Å². The predicted octanol–water partition coefficient (Wildman–Crippen LogP) is 3.84. The number of rotatable bonds is 3. The first-order chi connectivity index (χ1) is 13.6. The lowest BCUT2D eigenvalue weighted by molar-refractivity contribution is 0.208. The summed E-state index contributed by atoms with van der Waals surface area (Å²) < 4.78 is 26.9. The summed E-state index contributed by atoms with van der Waals surface area (Å²) in [6, 6.07) is 10.3. The lowest BCUT2D eigenvalue weighted by Gasteiger charge is -2.35. The standard InChI is InChI=1S/C19H17F2N5OS/c20-13-3-4-14(21)16(12-13)22-19(27)26-9-7-25(8-10-26)18-6-5-15(23-24-18)17-2-1-11-28-17/h1-6,11-12H,7-10H2,(H,22,27). The average Bonchev–Trinajstić information content (AvgIpc) is 3.26. The monoisotopic (exact) mass is 401 g/mol. The maximum Gasteiger partial charge on any atom is 0.322 e. The highest BCUT2D eigenvalue weighted by molar-refractivity contribution is 7.13. The molecule has 4 rings (SSSR count). The first-order valence-corrected chi connectivity index (χ1v) is 9.61. The van der Waals surface area contributed by atoms with Gasteiger partial charge >= 0.3 is 6.03 Å². The number of hydrogen-bond donors (Lipinski definition) is 1. The number of aromatic nitrogens is 2. The summed E-state index contributed by atoms with van der Waals surface area (Å²) in [5, 5.41) is 13.0. The molecular formula is C19H17F2N5OS. The molecule has 1 aromatic carbocycles. The van der Waals surface area contributed by atoms with Crippen LogP contribution in [0.3, 0.4) is 0 Å². The van der Waals surface area contributed by atoms with E-state index < -0.39 is 17.7 Å². The maximum atomic E-state index is 13.7. The minimum Gasteiger partial charge on any atom is -0.352 e. The number of carbonyl (C=O) groups is 1. The van der Waals surface area contributed by atoms with Crippen LogP contribution in [0.15, 0.2) is 47.8 Å². The molecule has 0 aliphatic carbocycles. The van der Waals surface area contributed by atoms with Crippen molar-refractivity contribution >= 4 is 28.9 Å². The van der Waals surface area contributed by atoms with Gasteiger partial charge in [0.25, 0.3) is 0 Å². The van der Waals surface area contributed by atoms with E-state index >= 15 is 0 Å². The van der Waals surface area contributed by atoms with Crippen LogP contribution in [0.4, 0.5) is 25.1 Å². The quantitative estimate of drug-likeness (QED) is 0.725. The van der Waals surface area contributed by atoms with E-state index in [4.69, 9.17) is 0 Å². The van der Waals surface area contributed by atoms with Gasteiger partial charge < -0.3 is 15.1 Å². The van der Waals surface area contributed by atoms with E-state index in [0.29, 0.717) is 26.2 Å². The Balaban J connectivity index is 1.35. The summed E-state index contributed by atoms with van der Waals surface area (Å²) in [5.41, 5.74) is 0.663. The highest BCUT2D eigenvalue weighted by Crippen LogP contribution is 2.23. The van der Waals surface area contributed by atoms with Gasteiger partial charge in [-0.05, 0) is 35.7 Å². The van der Waals surface area contributed by atoms with Crippen LogP contribution in [0.5, 0.6) is 0 Å². The zero-order valence-corrected chi connectivity index (χ0v) is 15.6. The van der Waals surface area contributed by atoms with Crippen LogP contribution in [0, 0.1) is 11.6 Å². The molecule has 0 unspecified atom stereocenters. The Hall–Kier alpha value is -3.07. The number of urea groups is 1. The molecule has 3 aromatic rings. The van der Waals surface area contributed by atoms with Gasteiger partial charge in [-0.25, -0.2) is 13.6 Å². The number of nitrogens with zero attached hydrogens (tertiary/aromatic N) is 4. The van der Waals surface area contributed by atoms with Crippen molar-refractivity contribution in [3.63, 3.8) is 0 Å². The molecule has 144 valence electrons. The number of amides is 2. The van der Waals surface area contributed by atoms with Crippen molar-refractivity contribution < 1.29 is 13.6 Å². The molecule has 6 nitrogen and oxygen atoms in total. The van der Waals surface area contributed by atoms with Crippen molar-refractivity contribution in [2.75, 3.05) is 36.4 Å². The first kappa shape index (κ1) is 18.3. The molecule has 2 amide bonds. The smallest absolute Gasteiger partial charge is 0.322 e. The number of piperazine rings is 1. The Morgan fingerprint density at radius 3 is 2.54 bits per heavy atom. The molecule has 0 atom stereocenters. The van der Waals surface area contributed by atoms with Crippen LogP contribution in [0.25, 0.3) is 10.6 Å². The summed E-state index contributed by atoms with van der Waals surface area (Å²) in [7, 11) is 0. The molecule has 28 heavy (non-hydrogen) atoms. The lowest BCUT2D eigenvalue weighted by Crippen LogP contribution is -2.50. The number of benzene rings is 1. The Kier molecular flexibility index (Phi) is 5.16. The van der Waals surface area contributed by atoms with E-state index in [1.165, 1.54) is 0 Å². The van der Waals surface area contributed by atoms with Crippen molar-refractivity contribution in [1.29, 1.82) is 0 Å². The fraction of sp³-hybridized carbons (Fsp3) is 0.211. The Labute approximate surface area is 164 Å². The van der Waals surface area contributed by atoms with Crippen LogP contribution >= 0.6 is 11.3 Å². The molecule has 0 saturated carbocycles. The zero-order chi connectivity index (χ0) is 19.5. The van der Waals surface area contributed by atoms with Crippen LogP contribution < -0.4 is 10.2 Å². The lowest BCUT2D eigenvalue weighted by atomic mass is 10.3. The second kappa shape index (κ2) is 7.89. The van der Waals surface area contributed by atoms with Gasteiger partial charge in [-0.3, -0.25) is 0 Å². The van der Waals surface area contributed by atoms with E-state index in [2.05, 4.69) is 15.5 Å². The minimum absolute atomic E-state index is 0.164. The molecule has 0 bridgehead atoms. The second-order valence-corrected chi connectivity index (χ2v) is 7.23. The fourth-order valence-electron chi connectivity index (χ4n) is 2.98. The molecule has 2 aromatic heterocycles. The molecule has 3 heterocycles. The van der Waals surface area contributed by atoms with Gasteiger partial charge in [-0.2, -0.15) is 0 Å². The minimum atomic E-state index is -0.672. The third kappa shape index (κ3) is 3.94. The predicted molar refractivity (Wildman–Crippen MR) is 105 cm³/mol. The number of thiophene rings is 1. The third-order valence-corrected chi connectivity index (χ3v) is 5.38. The zero-order valence-electron chi connectivity index (χ0n) is 14.8. The summed E-state index contributed by atoms with van der Waals surface area (Å²) >= 11 is 1.61. The molecule has 1 fully saturated rings. The molecule has 1 N–H and O–H groups in total. The fourth-order valence-corrected chi connectivity index (χ4v) is 3.67. The van der Waals surface area contributed by atoms with E-state index in [-0.39, 0.29) is 5.69 Å². The Bertz CT molecular complexity index is 957. The summed E-state index contributed by atoms with van der Waals surface area (Å²) in [6.07, 6.45) is 0. The number of nitrogens with one attached hydrogen (secondary N) is 1. The molecule has 0 radical (unpaired) electrons. The van der Waals surface area contributed by atoms with Crippen LogP contribution in [-0.4, -0.2) is 47.3 Å². The molecule has 0 spiro atoms. The molecule has 1 aliphatic heterocycles. The van der Waals surface area contributed by atoms with E-state index in [1.54, 1.807) is 16.2 Å². The van der Waals surface area contributed by atoms with Crippen molar-refractivity contribution in [1.82, 2.24) is 15.1 Å². The number of carbonyl (C=O) groups excluding carboxylic acids is 1. The SMILES string of the molecule is O=C(Nc1cc(F)ccc1F)N1CCN(c2ccc(-c3cccs3)nn2)CC1. The van der Waals surface area contributed by atoms with Crippen LogP contribution in [0.1, 0.15) is 0 Å². The number of anilines is 2. The van der Waals surface area contributed by atoms with E-state index in [0.717, 1.165) is 34.6 Å². The van der Waals surface area contributed by atoms with Gasteiger partial charge in [0.15, 0.2) is 5.82 Å². The number of hydrogen-bond acceptors (Lipinski definition) is 5.